The Morgan fingerprint density at radius 2 is 1.47 bits per heavy atom. The minimum absolute atomic E-state index is 0.523. The minimum atomic E-state index is -1.02. The molecule has 0 aliphatic carbocycles. The fourth-order valence-electron chi connectivity index (χ4n) is 2.14. The van der Waals surface area contributed by atoms with Gasteiger partial charge < -0.3 is 14.6 Å². The standard InChI is InChI=1S/C13H19ClO3/c1-7-9(13(3,4)15)11(16-5)8(2)10(14)12(7)17-6/h15H,1-6H3. The van der Waals surface area contributed by atoms with Gasteiger partial charge in [0.1, 0.15) is 11.5 Å². The zero-order valence-corrected chi connectivity index (χ0v) is 11.9. The highest BCUT2D eigenvalue weighted by molar-refractivity contribution is 6.33. The molecule has 96 valence electrons. The largest absolute Gasteiger partial charge is 0.496 e. The van der Waals surface area contributed by atoms with Crippen LogP contribution in [0.25, 0.3) is 0 Å². The Balaban J connectivity index is 3.74. The van der Waals surface area contributed by atoms with Crippen molar-refractivity contribution < 1.29 is 14.6 Å². The maximum Gasteiger partial charge on any atom is 0.141 e. The normalized spacial score (nSPS) is 11.5. The van der Waals surface area contributed by atoms with Crippen LogP contribution in [-0.2, 0) is 5.60 Å². The molecule has 0 radical (unpaired) electrons. The molecule has 0 aromatic heterocycles. The van der Waals surface area contributed by atoms with Crippen molar-refractivity contribution in [1.29, 1.82) is 0 Å². The Hall–Kier alpha value is -0.930. The summed E-state index contributed by atoms with van der Waals surface area (Å²) >= 11 is 6.22. The number of hydrogen-bond donors (Lipinski definition) is 1. The molecular weight excluding hydrogens is 240 g/mol. The molecule has 1 rings (SSSR count). The van der Waals surface area contributed by atoms with E-state index in [1.807, 2.05) is 13.8 Å². The lowest BCUT2D eigenvalue weighted by molar-refractivity contribution is 0.0745. The fraction of sp³-hybridized carbons (Fsp3) is 0.538. The molecule has 1 aromatic rings. The van der Waals surface area contributed by atoms with Gasteiger partial charge in [-0.05, 0) is 27.7 Å². The first kappa shape index (κ1) is 14.1. The molecule has 0 aliphatic rings. The van der Waals surface area contributed by atoms with Gasteiger partial charge in [-0.1, -0.05) is 11.6 Å². The molecule has 17 heavy (non-hydrogen) atoms. The Kier molecular flexibility index (Phi) is 3.95. The van der Waals surface area contributed by atoms with Gasteiger partial charge in [-0.2, -0.15) is 0 Å². The molecule has 1 aromatic carbocycles. The third-order valence-electron chi connectivity index (χ3n) is 2.83. The van der Waals surface area contributed by atoms with Crippen LogP contribution in [0.3, 0.4) is 0 Å². The zero-order valence-electron chi connectivity index (χ0n) is 11.1. The van der Waals surface area contributed by atoms with E-state index >= 15 is 0 Å². The maximum absolute atomic E-state index is 10.2. The van der Waals surface area contributed by atoms with E-state index in [4.69, 9.17) is 21.1 Å². The summed E-state index contributed by atoms with van der Waals surface area (Å²) < 4.78 is 10.7. The number of ether oxygens (including phenoxy) is 2. The van der Waals surface area contributed by atoms with E-state index in [0.29, 0.717) is 22.1 Å². The summed E-state index contributed by atoms with van der Waals surface area (Å²) in [5, 5.41) is 10.8. The molecule has 0 saturated heterocycles. The van der Waals surface area contributed by atoms with Gasteiger partial charge in [0.05, 0.1) is 24.8 Å². The highest BCUT2D eigenvalue weighted by Gasteiger charge is 2.29. The van der Waals surface area contributed by atoms with Gasteiger partial charge in [-0.25, -0.2) is 0 Å². The SMILES string of the molecule is COc1c(C)c(C(C)(C)O)c(OC)c(C)c1Cl. The molecule has 0 saturated carbocycles. The topological polar surface area (TPSA) is 38.7 Å². The predicted octanol–water partition coefficient (Wildman–Crippen LogP) is 3.20. The van der Waals surface area contributed by atoms with E-state index in [2.05, 4.69) is 0 Å². The van der Waals surface area contributed by atoms with Crippen molar-refractivity contribution in [3.05, 3.63) is 21.7 Å². The molecule has 0 unspecified atom stereocenters. The van der Waals surface area contributed by atoms with E-state index in [9.17, 15) is 5.11 Å². The maximum atomic E-state index is 10.2. The molecular formula is C13H19ClO3. The second-order valence-corrected chi connectivity index (χ2v) is 4.94. The van der Waals surface area contributed by atoms with Gasteiger partial charge in [0.15, 0.2) is 0 Å². The molecule has 0 fully saturated rings. The minimum Gasteiger partial charge on any atom is -0.496 e. The Morgan fingerprint density at radius 3 is 1.82 bits per heavy atom. The summed E-state index contributed by atoms with van der Waals surface area (Å²) in [6, 6.07) is 0. The van der Waals surface area contributed by atoms with Crippen molar-refractivity contribution >= 4 is 11.6 Å². The summed E-state index contributed by atoms with van der Waals surface area (Å²) in [4.78, 5) is 0. The van der Waals surface area contributed by atoms with Gasteiger partial charge in [-0.15, -0.1) is 0 Å². The molecule has 0 aliphatic heterocycles. The molecule has 4 heteroatoms. The first-order valence-corrected chi connectivity index (χ1v) is 5.77. The van der Waals surface area contributed by atoms with Crippen LogP contribution in [0.4, 0.5) is 0 Å². The molecule has 0 atom stereocenters. The molecule has 1 N–H and O–H groups in total. The third-order valence-corrected chi connectivity index (χ3v) is 3.29. The average Bonchev–Trinajstić information content (AvgIpc) is 2.22. The third kappa shape index (κ3) is 2.35. The Bertz CT molecular complexity index is 434. The van der Waals surface area contributed by atoms with Crippen molar-refractivity contribution in [2.45, 2.75) is 33.3 Å². The van der Waals surface area contributed by atoms with Crippen LogP contribution in [0, 0.1) is 13.8 Å². The molecule has 0 spiro atoms. The lowest BCUT2D eigenvalue weighted by atomic mass is 9.90. The summed E-state index contributed by atoms with van der Waals surface area (Å²) in [5.41, 5.74) is 1.26. The molecule has 0 heterocycles. The van der Waals surface area contributed by atoms with Crippen molar-refractivity contribution in [2.24, 2.45) is 0 Å². The lowest BCUT2D eigenvalue weighted by Gasteiger charge is -2.26. The number of rotatable bonds is 3. The highest BCUT2D eigenvalue weighted by atomic mass is 35.5. The lowest BCUT2D eigenvalue weighted by Crippen LogP contribution is -2.20. The Morgan fingerprint density at radius 1 is 1.00 bits per heavy atom. The van der Waals surface area contributed by atoms with Gasteiger partial charge in [0.2, 0.25) is 0 Å². The second kappa shape index (κ2) is 4.75. The van der Waals surface area contributed by atoms with E-state index in [1.165, 1.54) is 0 Å². The number of methoxy groups -OCH3 is 2. The van der Waals surface area contributed by atoms with Crippen molar-refractivity contribution in [2.75, 3.05) is 14.2 Å². The Labute approximate surface area is 107 Å². The van der Waals surface area contributed by atoms with E-state index in [1.54, 1.807) is 28.1 Å². The van der Waals surface area contributed by atoms with Gasteiger partial charge in [-0.3, -0.25) is 0 Å². The van der Waals surface area contributed by atoms with Gasteiger partial charge >= 0.3 is 0 Å². The van der Waals surface area contributed by atoms with Crippen molar-refractivity contribution in [3.8, 4) is 11.5 Å². The number of benzene rings is 1. The van der Waals surface area contributed by atoms with Crippen LogP contribution < -0.4 is 9.47 Å². The summed E-state index contributed by atoms with van der Waals surface area (Å²) in [5.74, 6) is 1.20. The number of aliphatic hydroxyl groups is 1. The fourth-order valence-corrected chi connectivity index (χ4v) is 2.45. The van der Waals surface area contributed by atoms with E-state index in [0.717, 1.165) is 11.1 Å². The number of hydrogen-bond acceptors (Lipinski definition) is 3. The van der Waals surface area contributed by atoms with Crippen LogP contribution >= 0.6 is 11.6 Å². The van der Waals surface area contributed by atoms with Crippen LogP contribution in [0.15, 0.2) is 0 Å². The van der Waals surface area contributed by atoms with Crippen LogP contribution in [0.2, 0.25) is 5.02 Å². The van der Waals surface area contributed by atoms with Crippen LogP contribution in [0.1, 0.15) is 30.5 Å². The predicted molar refractivity (Wildman–Crippen MR) is 69.3 cm³/mol. The second-order valence-electron chi connectivity index (χ2n) is 4.56. The summed E-state index contributed by atoms with van der Waals surface area (Å²) in [6.45, 7) is 7.13. The van der Waals surface area contributed by atoms with Crippen molar-refractivity contribution in [3.63, 3.8) is 0 Å². The van der Waals surface area contributed by atoms with E-state index in [-0.39, 0.29) is 0 Å². The first-order chi connectivity index (χ1) is 7.75. The first-order valence-electron chi connectivity index (χ1n) is 5.39. The molecule has 3 nitrogen and oxygen atoms in total. The zero-order chi connectivity index (χ0) is 13.4. The van der Waals surface area contributed by atoms with Gasteiger partial charge in [0, 0.05) is 16.7 Å². The molecule has 0 bridgehead atoms. The summed E-state index contributed by atoms with van der Waals surface area (Å²) in [6.07, 6.45) is 0. The van der Waals surface area contributed by atoms with Gasteiger partial charge in [0.25, 0.3) is 0 Å². The number of halogens is 1. The average molecular weight is 259 g/mol. The van der Waals surface area contributed by atoms with Crippen LogP contribution in [-0.4, -0.2) is 19.3 Å². The summed E-state index contributed by atoms with van der Waals surface area (Å²) in [7, 11) is 3.13. The molecule has 0 amide bonds. The van der Waals surface area contributed by atoms with Crippen LogP contribution in [0.5, 0.6) is 11.5 Å². The highest BCUT2D eigenvalue weighted by Crippen LogP contribution is 2.45. The monoisotopic (exact) mass is 258 g/mol. The van der Waals surface area contributed by atoms with Crippen molar-refractivity contribution in [1.82, 2.24) is 0 Å². The smallest absolute Gasteiger partial charge is 0.141 e. The quantitative estimate of drug-likeness (QED) is 0.905. The van der Waals surface area contributed by atoms with E-state index < -0.39 is 5.60 Å².